The Morgan fingerprint density at radius 1 is 0.561 bits per heavy atom. The fourth-order valence-corrected chi connectivity index (χ4v) is 6.09. The standard InChI is InChI=1S/C33H22N8/c1-41-32-24-16-8-9-17-25(24)33(41)40-31-23-15-7-5-13-21(23)29(38-31)36-27-19-11-3-2-10-18(19)26(34-27)35-28-20-12-4-6-14-22(20)30(37-28)39-32/h2-17,30,39H,1H3,(H,34,35,36,37,38,40). The minimum Gasteiger partial charge on any atom is -0.346 e. The van der Waals surface area contributed by atoms with E-state index in [1.165, 1.54) is 0 Å². The number of rotatable bonds is 0. The van der Waals surface area contributed by atoms with E-state index >= 15 is 0 Å². The van der Waals surface area contributed by atoms with Crippen molar-refractivity contribution in [2.24, 2.45) is 32.0 Å². The number of benzene rings is 4. The van der Waals surface area contributed by atoms with Crippen LogP contribution in [-0.2, 0) is 7.05 Å². The number of nitrogens with one attached hydrogen (secondary N) is 2. The zero-order valence-electron chi connectivity index (χ0n) is 22.0. The van der Waals surface area contributed by atoms with Crippen molar-refractivity contribution in [2.75, 3.05) is 5.32 Å². The molecule has 1 atom stereocenters. The number of H-pyrrole nitrogens is 1. The first-order chi connectivity index (χ1) is 20.2. The lowest BCUT2D eigenvalue weighted by atomic mass is 10.1. The Bertz CT molecular complexity index is 2310. The molecule has 0 radical (unpaired) electrons. The predicted octanol–water partition coefficient (Wildman–Crippen LogP) is 5.32. The summed E-state index contributed by atoms with van der Waals surface area (Å²) in [6, 6.07) is 32.8. The van der Waals surface area contributed by atoms with Gasteiger partial charge in [0, 0.05) is 50.8 Å². The summed E-state index contributed by atoms with van der Waals surface area (Å²) in [6.07, 6.45) is -0.308. The Kier molecular flexibility index (Phi) is 4.44. The van der Waals surface area contributed by atoms with Gasteiger partial charge in [0.05, 0.1) is 0 Å². The molecule has 9 rings (SSSR count). The second-order valence-electron chi connectivity index (χ2n) is 10.4. The number of hydrogen-bond acceptors (Lipinski definition) is 6. The van der Waals surface area contributed by atoms with E-state index in [2.05, 4.69) is 57.3 Å². The highest BCUT2D eigenvalue weighted by Crippen LogP contribution is 2.40. The van der Waals surface area contributed by atoms with Crippen LogP contribution in [0.2, 0.25) is 0 Å². The van der Waals surface area contributed by atoms with Crippen LogP contribution in [-0.4, -0.2) is 27.1 Å². The average Bonchev–Trinajstić information content (AvgIpc) is 3.72. The van der Waals surface area contributed by atoms with Crippen LogP contribution < -0.4 is 16.3 Å². The van der Waals surface area contributed by atoms with Crippen LogP contribution in [0.4, 0.5) is 11.6 Å². The van der Waals surface area contributed by atoms with Crippen LogP contribution in [0.3, 0.4) is 0 Å². The number of fused-ring (bicyclic) bond motifs is 18. The van der Waals surface area contributed by atoms with E-state index in [4.69, 9.17) is 25.0 Å². The first kappa shape index (κ1) is 22.2. The molecule has 0 aliphatic carbocycles. The summed E-state index contributed by atoms with van der Waals surface area (Å²) in [6.45, 7) is 0. The third-order valence-electron chi connectivity index (χ3n) is 8.04. The molecular weight excluding hydrogens is 508 g/mol. The normalized spacial score (nSPS) is 16.7. The summed E-state index contributed by atoms with van der Waals surface area (Å²) >= 11 is 0. The van der Waals surface area contributed by atoms with Crippen LogP contribution in [0.5, 0.6) is 0 Å². The summed E-state index contributed by atoms with van der Waals surface area (Å²) in [5.41, 5.74) is 5.40. The Hall–Kier alpha value is -5.63. The van der Waals surface area contributed by atoms with Crippen LogP contribution in [0.25, 0.3) is 21.5 Å². The third-order valence-corrected chi connectivity index (χ3v) is 8.04. The van der Waals surface area contributed by atoms with Crippen molar-refractivity contribution in [2.45, 2.75) is 6.17 Å². The molecule has 8 bridgehead atoms. The van der Waals surface area contributed by atoms with Gasteiger partial charge in [-0.25, -0.2) is 25.0 Å². The van der Waals surface area contributed by atoms with Gasteiger partial charge in [-0.2, -0.15) is 0 Å². The molecule has 3 aliphatic heterocycles. The zero-order chi connectivity index (χ0) is 27.1. The highest BCUT2D eigenvalue weighted by atomic mass is 15.2. The van der Waals surface area contributed by atoms with Crippen molar-refractivity contribution < 1.29 is 0 Å². The Labute approximate surface area is 233 Å². The van der Waals surface area contributed by atoms with Gasteiger partial charge in [-0.1, -0.05) is 97.1 Å². The van der Waals surface area contributed by atoms with Crippen LogP contribution >= 0.6 is 0 Å². The summed E-state index contributed by atoms with van der Waals surface area (Å²) in [5, 5.41) is 7.77. The fourth-order valence-electron chi connectivity index (χ4n) is 6.09. The molecule has 3 aliphatic rings. The lowest BCUT2D eigenvalue weighted by Gasteiger charge is -2.15. The predicted molar refractivity (Wildman–Crippen MR) is 162 cm³/mol. The van der Waals surface area contributed by atoms with Gasteiger partial charge in [0.1, 0.15) is 28.8 Å². The molecule has 194 valence electrons. The molecule has 0 amide bonds. The smallest absolute Gasteiger partial charge is 0.164 e. The number of nitrogens with zero attached hydrogens (tertiary/aromatic N) is 6. The quantitative estimate of drug-likeness (QED) is 0.273. The molecule has 0 fully saturated rings. The maximum atomic E-state index is 5.16. The summed E-state index contributed by atoms with van der Waals surface area (Å²) in [4.78, 5) is 28.8. The van der Waals surface area contributed by atoms with Crippen molar-refractivity contribution in [3.05, 3.63) is 130 Å². The van der Waals surface area contributed by atoms with E-state index in [9.17, 15) is 0 Å². The van der Waals surface area contributed by atoms with Gasteiger partial charge in [0.2, 0.25) is 0 Å². The van der Waals surface area contributed by atoms with Gasteiger partial charge >= 0.3 is 0 Å². The molecule has 1 unspecified atom stereocenters. The lowest BCUT2D eigenvalue weighted by Crippen LogP contribution is -2.15. The second kappa shape index (κ2) is 8.19. The number of hydrogen-bond donors (Lipinski definition) is 2. The molecule has 0 spiro atoms. The van der Waals surface area contributed by atoms with E-state index in [1.807, 2.05) is 61.6 Å². The molecule has 4 aromatic carbocycles. The van der Waals surface area contributed by atoms with Crippen LogP contribution in [0, 0.1) is 0 Å². The highest BCUT2D eigenvalue weighted by Gasteiger charge is 2.28. The largest absolute Gasteiger partial charge is 0.346 e. The molecule has 6 aromatic rings. The monoisotopic (exact) mass is 530 g/mol. The van der Waals surface area contributed by atoms with Crippen molar-refractivity contribution in [3.8, 4) is 0 Å². The Morgan fingerprint density at radius 3 is 1.85 bits per heavy atom. The van der Waals surface area contributed by atoms with Crippen molar-refractivity contribution in [1.82, 2.24) is 9.55 Å². The molecule has 2 N–H and O–H groups in total. The summed E-state index contributed by atoms with van der Waals surface area (Å²) in [7, 11) is 2.03. The number of anilines is 1. The molecule has 8 heteroatoms. The van der Waals surface area contributed by atoms with E-state index in [-0.39, 0.29) is 6.17 Å². The minimum atomic E-state index is -0.308. The van der Waals surface area contributed by atoms with Crippen molar-refractivity contribution in [3.63, 3.8) is 0 Å². The third kappa shape index (κ3) is 3.18. The SMILES string of the molecule is Cn1c2c3ccccc3c1NC1N=C(N=c3[nH]c(c4ccccc34)=NC3=NC(=N2)c2ccccc23)c2ccccc21. The van der Waals surface area contributed by atoms with E-state index in [0.29, 0.717) is 28.5 Å². The van der Waals surface area contributed by atoms with E-state index in [1.54, 1.807) is 0 Å². The van der Waals surface area contributed by atoms with Gasteiger partial charge in [0.25, 0.3) is 0 Å². The lowest BCUT2D eigenvalue weighted by molar-refractivity contribution is 0.822. The maximum absolute atomic E-state index is 5.16. The van der Waals surface area contributed by atoms with Gasteiger partial charge < -0.3 is 14.9 Å². The number of amidine groups is 3. The van der Waals surface area contributed by atoms with Gasteiger partial charge in [-0.15, -0.1) is 0 Å². The Morgan fingerprint density at radius 2 is 1.12 bits per heavy atom. The maximum Gasteiger partial charge on any atom is 0.164 e. The van der Waals surface area contributed by atoms with Gasteiger partial charge in [-0.05, 0) is 0 Å². The Balaban J connectivity index is 1.41. The molecule has 41 heavy (non-hydrogen) atoms. The summed E-state index contributed by atoms with van der Waals surface area (Å²) < 4.78 is 2.09. The van der Waals surface area contributed by atoms with Crippen molar-refractivity contribution in [1.29, 1.82) is 0 Å². The van der Waals surface area contributed by atoms with Gasteiger partial charge in [-0.3, -0.25) is 0 Å². The molecule has 2 aromatic heterocycles. The van der Waals surface area contributed by atoms with Crippen LogP contribution in [0.15, 0.2) is 122 Å². The number of aromatic nitrogens is 2. The van der Waals surface area contributed by atoms with Crippen molar-refractivity contribution >= 4 is 50.7 Å². The summed E-state index contributed by atoms with van der Waals surface area (Å²) in [5.74, 6) is 3.68. The molecule has 8 nitrogen and oxygen atoms in total. The zero-order valence-corrected chi connectivity index (χ0v) is 22.0. The van der Waals surface area contributed by atoms with Crippen LogP contribution in [0.1, 0.15) is 28.4 Å². The average molecular weight is 531 g/mol. The first-order valence-corrected chi connectivity index (χ1v) is 13.6. The number of aromatic amines is 1. The molecule has 5 heterocycles. The highest BCUT2D eigenvalue weighted by molar-refractivity contribution is 6.23. The first-order valence-electron chi connectivity index (χ1n) is 13.6. The van der Waals surface area contributed by atoms with Gasteiger partial charge in [0.15, 0.2) is 17.5 Å². The minimum absolute atomic E-state index is 0.308. The van der Waals surface area contributed by atoms with E-state index < -0.39 is 0 Å². The molecule has 0 saturated heterocycles. The molecule has 0 saturated carbocycles. The number of aliphatic imine (C=N–C) groups is 3. The molecular formula is C33H22N8. The van der Waals surface area contributed by atoms with E-state index in [0.717, 1.165) is 55.4 Å². The topological polar surface area (TPSA) is 94.5 Å². The second-order valence-corrected chi connectivity index (χ2v) is 10.4. The fraction of sp³-hybridized carbons (Fsp3) is 0.0606.